The zero-order chi connectivity index (χ0) is 13.5. The summed E-state index contributed by atoms with van der Waals surface area (Å²) in [6.07, 6.45) is 6.51. The minimum absolute atomic E-state index is 0.0548. The summed E-state index contributed by atoms with van der Waals surface area (Å²) in [7, 11) is 0. The third-order valence-corrected chi connectivity index (χ3v) is 3.23. The SMILES string of the molecule is CCOc1ncccc1NC(=O)CNC1CCCC1. The van der Waals surface area contributed by atoms with Gasteiger partial charge in [-0.2, -0.15) is 0 Å². The average molecular weight is 263 g/mol. The summed E-state index contributed by atoms with van der Waals surface area (Å²) in [6, 6.07) is 4.07. The topological polar surface area (TPSA) is 63.2 Å². The summed E-state index contributed by atoms with van der Waals surface area (Å²) in [5.74, 6) is 0.417. The number of aromatic nitrogens is 1. The van der Waals surface area contributed by atoms with Crippen molar-refractivity contribution in [1.82, 2.24) is 10.3 Å². The first-order valence-corrected chi connectivity index (χ1v) is 6.90. The molecule has 1 fully saturated rings. The van der Waals surface area contributed by atoms with Gasteiger partial charge in [0.1, 0.15) is 5.69 Å². The maximum absolute atomic E-state index is 11.9. The van der Waals surface area contributed by atoms with Crippen molar-refractivity contribution in [2.24, 2.45) is 0 Å². The normalized spacial score (nSPS) is 15.4. The molecule has 19 heavy (non-hydrogen) atoms. The first kappa shape index (κ1) is 13.8. The lowest BCUT2D eigenvalue weighted by molar-refractivity contribution is -0.115. The Kier molecular flexibility index (Phi) is 5.15. The lowest BCUT2D eigenvalue weighted by atomic mass is 10.2. The molecule has 1 aliphatic rings. The van der Waals surface area contributed by atoms with Gasteiger partial charge in [0.25, 0.3) is 0 Å². The van der Waals surface area contributed by atoms with Crippen LogP contribution in [0.2, 0.25) is 0 Å². The standard InChI is InChI=1S/C14H21N3O2/c1-2-19-14-12(8-5-9-15-14)17-13(18)10-16-11-6-3-4-7-11/h5,8-9,11,16H,2-4,6-7,10H2,1H3,(H,17,18). The Bertz CT molecular complexity index is 417. The summed E-state index contributed by atoms with van der Waals surface area (Å²) in [5, 5.41) is 6.11. The van der Waals surface area contributed by atoms with Crippen molar-refractivity contribution in [1.29, 1.82) is 0 Å². The molecule has 1 aliphatic carbocycles. The van der Waals surface area contributed by atoms with Gasteiger partial charge in [0.15, 0.2) is 0 Å². The summed E-state index contributed by atoms with van der Waals surface area (Å²) < 4.78 is 5.37. The quantitative estimate of drug-likeness (QED) is 0.823. The minimum atomic E-state index is -0.0548. The first-order valence-electron chi connectivity index (χ1n) is 6.90. The number of ether oxygens (including phenoxy) is 1. The fraction of sp³-hybridized carbons (Fsp3) is 0.571. The predicted molar refractivity (Wildman–Crippen MR) is 74.3 cm³/mol. The van der Waals surface area contributed by atoms with Crippen LogP contribution < -0.4 is 15.4 Å². The van der Waals surface area contributed by atoms with Crippen LogP contribution in [0.15, 0.2) is 18.3 Å². The zero-order valence-corrected chi connectivity index (χ0v) is 11.3. The Balaban J connectivity index is 1.83. The molecule has 0 aromatic carbocycles. The largest absolute Gasteiger partial charge is 0.476 e. The smallest absolute Gasteiger partial charge is 0.238 e. The molecule has 1 aromatic heterocycles. The van der Waals surface area contributed by atoms with Crippen molar-refractivity contribution in [2.75, 3.05) is 18.5 Å². The van der Waals surface area contributed by atoms with E-state index in [-0.39, 0.29) is 5.91 Å². The number of carbonyl (C=O) groups excluding carboxylic acids is 1. The summed E-state index contributed by atoms with van der Waals surface area (Å²) >= 11 is 0. The highest BCUT2D eigenvalue weighted by atomic mass is 16.5. The van der Waals surface area contributed by atoms with Gasteiger partial charge in [-0.1, -0.05) is 12.8 Å². The molecule has 0 radical (unpaired) electrons. The second-order valence-electron chi connectivity index (χ2n) is 4.70. The Morgan fingerprint density at radius 3 is 3.00 bits per heavy atom. The molecule has 0 aliphatic heterocycles. The van der Waals surface area contributed by atoms with Crippen LogP contribution in [0.3, 0.4) is 0 Å². The molecule has 0 unspecified atom stereocenters. The molecule has 2 N–H and O–H groups in total. The van der Waals surface area contributed by atoms with E-state index in [2.05, 4.69) is 15.6 Å². The van der Waals surface area contributed by atoms with Crippen molar-refractivity contribution in [3.63, 3.8) is 0 Å². The van der Waals surface area contributed by atoms with Crippen molar-refractivity contribution >= 4 is 11.6 Å². The van der Waals surface area contributed by atoms with Gasteiger partial charge in [0.05, 0.1) is 13.2 Å². The summed E-state index contributed by atoms with van der Waals surface area (Å²) in [6.45, 7) is 2.76. The van der Waals surface area contributed by atoms with E-state index in [0.717, 1.165) is 0 Å². The number of nitrogens with zero attached hydrogens (tertiary/aromatic N) is 1. The molecule has 0 saturated heterocycles. The number of anilines is 1. The van der Waals surface area contributed by atoms with Gasteiger partial charge in [0.2, 0.25) is 11.8 Å². The van der Waals surface area contributed by atoms with Crippen LogP contribution in [0.25, 0.3) is 0 Å². The van der Waals surface area contributed by atoms with Crippen LogP contribution in [0.1, 0.15) is 32.6 Å². The van der Waals surface area contributed by atoms with Crippen LogP contribution in [0, 0.1) is 0 Å². The Morgan fingerprint density at radius 2 is 2.26 bits per heavy atom. The Morgan fingerprint density at radius 1 is 1.47 bits per heavy atom. The van der Waals surface area contributed by atoms with Crippen molar-refractivity contribution in [3.05, 3.63) is 18.3 Å². The number of rotatable bonds is 6. The van der Waals surface area contributed by atoms with Gasteiger partial charge < -0.3 is 15.4 Å². The van der Waals surface area contributed by atoms with E-state index in [0.29, 0.717) is 30.8 Å². The third-order valence-electron chi connectivity index (χ3n) is 3.23. The number of nitrogens with one attached hydrogen (secondary N) is 2. The second-order valence-corrected chi connectivity index (χ2v) is 4.70. The molecular weight excluding hydrogens is 242 g/mol. The number of amides is 1. The monoisotopic (exact) mass is 263 g/mol. The molecule has 5 heteroatoms. The highest BCUT2D eigenvalue weighted by Crippen LogP contribution is 2.20. The highest BCUT2D eigenvalue weighted by molar-refractivity contribution is 5.93. The van der Waals surface area contributed by atoms with Crippen molar-refractivity contribution in [3.8, 4) is 5.88 Å². The lowest BCUT2D eigenvalue weighted by Gasteiger charge is -2.13. The molecule has 0 bridgehead atoms. The number of pyridine rings is 1. The fourth-order valence-corrected chi connectivity index (χ4v) is 2.30. The van der Waals surface area contributed by atoms with E-state index < -0.39 is 0 Å². The van der Waals surface area contributed by atoms with Crippen LogP contribution in [-0.4, -0.2) is 30.1 Å². The van der Waals surface area contributed by atoms with E-state index in [1.54, 1.807) is 18.3 Å². The van der Waals surface area contributed by atoms with Crippen LogP contribution in [0.4, 0.5) is 5.69 Å². The molecule has 1 heterocycles. The maximum atomic E-state index is 11.9. The number of hydrogen-bond donors (Lipinski definition) is 2. The molecule has 5 nitrogen and oxygen atoms in total. The number of carbonyl (C=O) groups is 1. The summed E-state index contributed by atoms with van der Waals surface area (Å²) in [4.78, 5) is 16.0. The van der Waals surface area contributed by atoms with E-state index in [9.17, 15) is 4.79 Å². The van der Waals surface area contributed by atoms with E-state index >= 15 is 0 Å². The maximum Gasteiger partial charge on any atom is 0.238 e. The van der Waals surface area contributed by atoms with Crippen molar-refractivity contribution in [2.45, 2.75) is 38.6 Å². The van der Waals surface area contributed by atoms with Gasteiger partial charge in [-0.25, -0.2) is 4.98 Å². The number of hydrogen-bond acceptors (Lipinski definition) is 4. The first-order chi connectivity index (χ1) is 9.29. The van der Waals surface area contributed by atoms with E-state index in [1.165, 1.54) is 25.7 Å². The van der Waals surface area contributed by atoms with Gasteiger partial charge in [-0.05, 0) is 31.9 Å². The minimum Gasteiger partial charge on any atom is -0.476 e. The van der Waals surface area contributed by atoms with Crippen LogP contribution >= 0.6 is 0 Å². The van der Waals surface area contributed by atoms with E-state index in [4.69, 9.17) is 4.74 Å². The fourth-order valence-electron chi connectivity index (χ4n) is 2.30. The molecule has 1 aromatic rings. The predicted octanol–water partition coefficient (Wildman–Crippen LogP) is 1.95. The van der Waals surface area contributed by atoms with Crippen LogP contribution in [0.5, 0.6) is 5.88 Å². The van der Waals surface area contributed by atoms with Gasteiger partial charge in [0, 0.05) is 12.2 Å². The van der Waals surface area contributed by atoms with Crippen LogP contribution in [-0.2, 0) is 4.79 Å². The molecule has 0 spiro atoms. The summed E-state index contributed by atoms with van der Waals surface area (Å²) in [5.41, 5.74) is 0.627. The highest BCUT2D eigenvalue weighted by Gasteiger charge is 2.15. The Hall–Kier alpha value is -1.62. The van der Waals surface area contributed by atoms with E-state index in [1.807, 2.05) is 6.92 Å². The molecule has 0 atom stereocenters. The molecular formula is C14H21N3O2. The van der Waals surface area contributed by atoms with Gasteiger partial charge in [-0.3, -0.25) is 4.79 Å². The molecule has 2 rings (SSSR count). The lowest BCUT2D eigenvalue weighted by Crippen LogP contribution is -2.34. The molecule has 1 amide bonds. The Labute approximate surface area is 113 Å². The third kappa shape index (κ3) is 4.21. The van der Waals surface area contributed by atoms with Gasteiger partial charge in [-0.15, -0.1) is 0 Å². The molecule has 104 valence electrons. The second kappa shape index (κ2) is 7.09. The van der Waals surface area contributed by atoms with Gasteiger partial charge >= 0.3 is 0 Å². The van der Waals surface area contributed by atoms with Crippen molar-refractivity contribution < 1.29 is 9.53 Å². The molecule has 1 saturated carbocycles. The zero-order valence-electron chi connectivity index (χ0n) is 11.3. The average Bonchev–Trinajstić information content (AvgIpc) is 2.92.